The number of likely N-dealkylation sites (tertiary alicyclic amines) is 1. The smallest absolute Gasteiger partial charge is 0.334 e. The molecule has 1 aromatic carbocycles. The predicted molar refractivity (Wildman–Crippen MR) is 104 cm³/mol. The molecule has 2 bridgehead atoms. The lowest BCUT2D eigenvalue weighted by Crippen LogP contribution is -2.55. The van der Waals surface area contributed by atoms with E-state index in [1.807, 2.05) is 35.2 Å². The van der Waals surface area contributed by atoms with Crippen LogP contribution in [0.15, 0.2) is 30.3 Å². The van der Waals surface area contributed by atoms with Gasteiger partial charge in [-0.3, -0.25) is 4.90 Å². The lowest BCUT2D eigenvalue weighted by atomic mass is 9.46. The van der Waals surface area contributed by atoms with Gasteiger partial charge < -0.3 is 9.53 Å². The molecule has 4 aliphatic rings. The SMILES string of the molecule is CC1(C)[C@@H]2CC[C@@H](COC(=O)C3(C=O)CCCN3Cc3ccccc3)[C@H]1C2. The Balaban J connectivity index is 1.41. The van der Waals surface area contributed by atoms with Crippen LogP contribution in [0.2, 0.25) is 0 Å². The maximum atomic E-state index is 13.0. The number of benzene rings is 1. The lowest BCUT2D eigenvalue weighted by molar-refractivity contribution is -0.167. The van der Waals surface area contributed by atoms with E-state index in [4.69, 9.17) is 4.74 Å². The molecular weight excluding hydrogens is 338 g/mol. The minimum Gasteiger partial charge on any atom is -0.464 e. The quantitative estimate of drug-likeness (QED) is 0.434. The first kappa shape index (κ1) is 18.7. The van der Waals surface area contributed by atoms with Crippen molar-refractivity contribution in [2.75, 3.05) is 13.2 Å². The van der Waals surface area contributed by atoms with E-state index in [2.05, 4.69) is 13.8 Å². The van der Waals surface area contributed by atoms with Gasteiger partial charge >= 0.3 is 5.97 Å². The van der Waals surface area contributed by atoms with E-state index in [1.165, 1.54) is 12.8 Å². The maximum Gasteiger partial charge on any atom is 0.334 e. The average molecular weight is 370 g/mol. The van der Waals surface area contributed by atoms with Crippen molar-refractivity contribution < 1.29 is 14.3 Å². The molecule has 4 nitrogen and oxygen atoms in total. The Bertz CT molecular complexity index is 699. The van der Waals surface area contributed by atoms with Gasteiger partial charge in [-0.2, -0.15) is 0 Å². The number of carbonyl (C=O) groups excluding carboxylic acids is 2. The Labute approximate surface area is 162 Å². The van der Waals surface area contributed by atoms with Crippen LogP contribution in [-0.4, -0.2) is 35.8 Å². The summed E-state index contributed by atoms with van der Waals surface area (Å²) >= 11 is 0. The first-order chi connectivity index (χ1) is 13.0. The van der Waals surface area contributed by atoms with Crippen molar-refractivity contribution in [1.82, 2.24) is 4.90 Å². The first-order valence-electron chi connectivity index (χ1n) is 10.4. The molecule has 1 unspecified atom stereocenters. The summed E-state index contributed by atoms with van der Waals surface area (Å²) in [5.74, 6) is 1.60. The third-order valence-electron chi connectivity index (χ3n) is 7.74. The Hall–Kier alpha value is -1.68. The van der Waals surface area contributed by atoms with Crippen LogP contribution < -0.4 is 0 Å². The Morgan fingerprint density at radius 3 is 2.70 bits per heavy atom. The van der Waals surface area contributed by atoms with Crippen LogP contribution in [0.3, 0.4) is 0 Å². The minimum atomic E-state index is -1.11. The zero-order valence-corrected chi connectivity index (χ0v) is 16.5. The molecule has 3 saturated carbocycles. The van der Waals surface area contributed by atoms with Crippen molar-refractivity contribution in [2.45, 2.75) is 58.0 Å². The van der Waals surface area contributed by atoms with Crippen LogP contribution in [0.5, 0.6) is 0 Å². The van der Waals surface area contributed by atoms with Crippen LogP contribution in [-0.2, 0) is 20.9 Å². The summed E-state index contributed by atoms with van der Waals surface area (Å²) < 4.78 is 5.80. The number of ether oxygens (including phenoxy) is 1. The summed E-state index contributed by atoms with van der Waals surface area (Å²) in [7, 11) is 0. The molecule has 1 aromatic rings. The fraction of sp³-hybridized carbons (Fsp3) is 0.652. The van der Waals surface area contributed by atoms with Gasteiger partial charge in [0.15, 0.2) is 11.8 Å². The molecule has 4 fully saturated rings. The summed E-state index contributed by atoms with van der Waals surface area (Å²) in [6, 6.07) is 10.0. The van der Waals surface area contributed by atoms with E-state index in [0.29, 0.717) is 36.8 Å². The van der Waals surface area contributed by atoms with E-state index >= 15 is 0 Å². The van der Waals surface area contributed by atoms with Gasteiger partial charge in [0, 0.05) is 13.1 Å². The Morgan fingerprint density at radius 2 is 2.04 bits per heavy atom. The average Bonchev–Trinajstić information content (AvgIpc) is 3.10. The van der Waals surface area contributed by atoms with Gasteiger partial charge in [-0.25, -0.2) is 4.79 Å². The van der Waals surface area contributed by atoms with Crippen LogP contribution in [0.1, 0.15) is 51.5 Å². The summed E-state index contributed by atoms with van der Waals surface area (Å²) in [6.07, 6.45) is 5.90. The number of hydrogen-bond donors (Lipinski definition) is 0. The molecule has 4 atom stereocenters. The van der Waals surface area contributed by atoms with Gasteiger partial charge in [-0.15, -0.1) is 0 Å². The van der Waals surface area contributed by atoms with Crippen LogP contribution in [0.4, 0.5) is 0 Å². The van der Waals surface area contributed by atoms with Crippen molar-refractivity contribution in [3.05, 3.63) is 35.9 Å². The van der Waals surface area contributed by atoms with Crippen molar-refractivity contribution in [3.63, 3.8) is 0 Å². The van der Waals surface area contributed by atoms with E-state index in [-0.39, 0.29) is 5.97 Å². The Kier molecular flexibility index (Phi) is 4.87. The van der Waals surface area contributed by atoms with Crippen molar-refractivity contribution in [1.29, 1.82) is 0 Å². The fourth-order valence-corrected chi connectivity index (χ4v) is 5.80. The molecule has 3 aliphatic carbocycles. The molecule has 0 spiro atoms. The summed E-state index contributed by atoms with van der Waals surface area (Å²) in [5, 5.41) is 0. The van der Waals surface area contributed by atoms with Gasteiger partial charge in [0.25, 0.3) is 0 Å². The molecule has 5 rings (SSSR count). The molecule has 27 heavy (non-hydrogen) atoms. The van der Waals surface area contributed by atoms with E-state index in [1.54, 1.807) is 0 Å². The molecular formula is C23H31NO3. The number of aldehydes is 1. The van der Waals surface area contributed by atoms with Gasteiger partial charge in [0.1, 0.15) is 0 Å². The highest BCUT2D eigenvalue weighted by Crippen LogP contribution is 2.61. The zero-order valence-electron chi connectivity index (χ0n) is 16.5. The molecule has 0 amide bonds. The van der Waals surface area contributed by atoms with Crippen LogP contribution in [0, 0.1) is 23.2 Å². The van der Waals surface area contributed by atoms with Gasteiger partial charge in [-0.1, -0.05) is 44.2 Å². The van der Waals surface area contributed by atoms with E-state index < -0.39 is 5.54 Å². The summed E-state index contributed by atoms with van der Waals surface area (Å²) in [5.41, 5.74) is 0.389. The van der Waals surface area contributed by atoms with Gasteiger partial charge in [0.2, 0.25) is 0 Å². The summed E-state index contributed by atoms with van der Waals surface area (Å²) in [6.45, 7) is 6.53. The third-order valence-corrected chi connectivity index (χ3v) is 7.74. The highest BCUT2D eigenvalue weighted by atomic mass is 16.5. The fourth-order valence-electron chi connectivity index (χ4n) is 5.80. The van der Waals surface area contributed by atoms with Gasteiger partial charge in [0.05, 0.1) is 6.61 Å². The number of nitrogens with zero attached hydrogens (tertiary/aromatic N) is 1. The second-order valence-electron chi connectivity index (χ2n) is 9.35. The second-order valence-corrected chi connectivity index (χ2v) is 9.35. The molecule has 146 valence electrons. The molecule has 1 saturated heterocycles. The van der Waals surface area contributed by atoms with Crippen molar-refractivity contribution in [3.8, 4) is 0 Å². The number of rotatable bonds is 6. The standard InChI is InChI=1S/C23H31NO3/c1-22(2)19-10-9-18(20(22)13-19)15-27-21(26)23(16-25)11-6-12-24(23)14-17-7-4-3-5-8-17/h3-5,7-8,16,18-20H,6,9-15H2,1-2H3/t18-,19+,20+,23?/m0/s1. The molecule has 0 radical (unpaired) electrons. The lowest BCUT2D eigenvalue weighted by Gasteiger charge is -2.60. The molecule has 0 N–H and O–H groups in total. The number of fused-ring (bicyclic) bond motifs is 2. The van der Waals surface area contributed by atoms with Crippen LogP contribution in [0.25, 0.3) is 0 Å². The zero-order chi connectivity index (χ0) is 19.1. The Morgan fingerprint density at radius 1 is 1.26 bits per heavy atom. The van der Waals surface area contributed by atoms with Crippen LogP contribution >= 0.6 is 0 Å². The number of hydrogen-bond acceptors (Lipinski definition) is 4. The summed E-state index contributed by atoms with van der Waals surface area (Å²) in [4.78, 5) is 27.1. The molecule has 1 heterocycles. The number of carbonyl (C=O) groups is 2. The second kappa shape index (κ2) is 7.05. The predicted octanol–water partition coefficient (Wildman–Crippen LogP) is 3.84. The maximum absolute atomic E-state index is 13.0. The van der Waals surface area contributed by atoms with Gasteiger partial charge in [-0.05, 0) is 60.8 Å². The minimum absolute atomic E-state index is 0.342. The topological polar surface area (TPSA) is 46.6 Å². The van der Waals surface area contributed by atoms with E-state index in [0.717, 1.165) is 37.2 Å². The third kappa shape index (κ3) is 3.12. The highest BCUT2D eigenvalue weighted by molar-refractivity contribution is 5.98. The molecule has 0 aromatic heterocycles. The largest absolute Gasteiger partial charge is 0.464 e. The molecule has 4 heteroatoms. The van der Waals surface area contributed by atoms with Crippen molar-refractivity contribution in [2.24, 2.45) is 23.2 Å². The highest BCUT2D eigenvalue weighted by Gasteiger charge is 2.55. The monoisotopic (exact) mass is 369 g/mol. The molecule has 1 aliphatic heterocycles. The number of esters is 1. The van der Waals surface area contributed by atoms with Crippen molar-refractivity contribution >= 4 is 12.3 Å². The first-order valence-corrected chi connectivity index (χ1v) is 10.4. The van der Waals surface area contributed by atoms with E-state index in [9.17, 15) is 9.59 Å². The normalized spacial score (nSPS) is 34.7.